The lowest BCUT2D eigenvalue weighted by molar-refractivity contribution is 0.0746. The standard InChI is InChI=1S/C23H21N5O3S2/c29-22(28-14-12-27(13-15-28)21-8-4-5-11-24-21)17-9-10-19-20(16-17)32-23(25-19)26-33(30,31)18-6-2-1-3-7-18/h1-11,16H,12-15H2,(H,25,26). The molecule has 1 saturated heterocycles. The molecule has 5 rings (SSSR count). The average molecular weight is 480 g/mol. The van der Waals surface area contributed by atoms with E-state index in [1.54, 1.807) is 42.6 Å². The van der Waals surface area contributed by atoms with Crippen LogP contribution < -0.4 is 9.62 Å². The smallest absolute Gasteiger partial charge is 0.263 e. The van der Waals surface area contributed by atoms with Gasteiger partial charge in [0.1, 0.15) is 5.82 Å². The van der Waals surface area contributed by atoms with Gasteiger partial charge in [-0.25, -0.2) is 18.4 Å². The Kier molecular flexibility index (Phi) is 5.69. The summed E-state index contributed by atoms with van der Waals surface area (Å²) in [6.45, 7) is 2.66. The van der Waals surface area contributed by atoms with Gasteiger partial charge in [0.25, 0.3) is 15.9 Å². The van der Waals surface area contributed by atoms with Crippen LogP contribution in [0.5, 0.6) is 0 Å². The second-order valence-corrected chi connectivity index (χ2v) is 10.3. The number of benzene rings is 2. The van der Waals surface area contributed by atoms with Gasteiger partial charge in [-0.2, -0.15) is 0 Å². The molecular formula is C23H21N5O3S2. The fraction of sp³-hybridized carbons (Fsp3) is 0.174. The van der Waals surface area contributed by atoms with Crippen LogP contribution in [0.3, 0.4) is 0 Å². The number of pyridine rings is 1. The minimum Gasteiger partial charge on any atom is -0.353 e. The molecule has 1 aliphatic rings. The van der Waals surface area contributed by atoms with Gasteiger partial charge in [-0.15, -0.1) is 0 Å². The summed E-state index contributed by atoms with van der Waals surface area (Å²) in [4.78, 5) is 26.0. The number of aromatic nitrogens is 2. The van der Waals surface area contributed by atoms with Crippen LogP contribution in [0.4, 0.5) is 10.9 Å². The number of piperazine rings is 1. The molecule has 0 atom stereocenters. The number of sulfonamides is 1. The summed E-state index contributed by atoms with van der Waals surface area (Å²) in [7, 11) is -3.72. The third kappa shape index (κ3) is 4.53. The van der Waals surface area contributed by atoms with Crippen molar-refractivity contribution in [3.8, 4) is 0 Å². The lowest BCUT2D eigenvalue weighted by Gasteiger charge is -2.35. The van der Waals surface area contributed by atoms with Gasteiger partial charge < -0.3 is 9.80 Å². The number of thiazole rings is 1. The molecule has 33 heavy (non-hydrogen) atoms. The number of hydrogen-bond donors (Lipinski definition) is 1. The predicted molar refractivity (Wildman–Crippen MR) is 129 cm³/mol. The number of amides is 1. The van der Waals surface area contributed by atoms with Crippen molar-refractivity contribution in [1.29, 1.82) is 0 Å². The van der Waals surface area contributed by atoms with Crippen molar-refractivity contribution in [2.45, 2.75) is 4.90 Å². The molecule has 2 aromatic carbocycles. The van der Waals surface area contributed by atoms with Gasteiger partial charge in [-0.1, -0.05) is 35.6 Å². The molecule has 0 unspecified atom stereocenters. The topological polar surface area (TPSA) is 95.5 Å². The molecule has 0 radical (unpaired) electrons. The van der Waals surface area contributed by atoms with E-state index in [0.29, 0.717) is 24.2 Å². The first-order valence-electron chi connectivity index (χ1n) is 10.4. The molecule has 1 N–H and O–H groups in total. The number of nitrogens with one attached hydrogen (secondary N) is 1. The SMILES string of the molecule is O=C(c1ccc2nc(NS(=O)(=O)c3ccccc3)sc2c1)N1CCN(c2ccccn2)CC1. The molecule has 1 fully saturated rings. The van der Waals surface area contributed by atoms with Gasteiger partial charge in [0.05, 0.1) is 15.1 Å². The van der Waals surface area contributed by atoms with Crippen LogP contribution in [0, 0.1) is 0 Å². The minimum absolute atomic E-state index is 0.0441. The van der Waals surface area contributed by atoms with E-state index in [-0.39, 0.29) is 15.9 Å². The largest absolute Gasteiger partial charge is 0.353 e. The Morgan fingerprint density at radius 2 is 1.70 bits per heavy atom. The van der Waals surface area contributed by atoms with Gasteiger partial charge in [0.15, 0.2) is 5.13 Å². The maximum atomic E-state index is 13.1. The van der Waals surface area contributed by atoms with E-state index in [0.717, 1.165) is 23.6 Å². The highest BCUT2D eigenvalue weighted by molar-refractivity contribution is 7.93. The normalized spacial score (nSPS) is 14.4. The molecular weight excluding hydrogens is 458 g/mol. The molecule has 0 spiro atoms. The zero-order valence-electron chi connectivity index (χ0n) is 17.6. The third-order valence-corrected chi connectivity index (χ3v) is 7.87. The second-order valence-electron chi connectivity index (χ2n) is 7.59. The quantitative estimate of drug-likeness (QED) is 0.471. The summed E-state index contributed by atoms with van der Waals surface area (Å²) in [5, 5.41) is 0.266. The summed E-state index contributed by atoms with van der Waals surface area (Å²) in [6.07, 6.45) is 1.77. The van der Waals surface area contributed by atoms with Crippen molar-refractivity contribution in [3.05, 3.63) is 78.5 Å². The highest BCUT2D eigenvalue weighted by Gasteiger charge is 2.23. The van der Waals surface area contributed by atoms with Gasteiger partial charge in [0.2, 0.25) is 0 Å². The minimum atomic E-state index is -3.72. The predicted octanol–water partition coefficient (Wildman–Crippen LogP) is 3.45. The van der Waals surface area contributed by atoms with E-state index in [1.807, 2.05) is 23.1 Å². The lowest BCUT2D eigenvalue weighted by atomic mass is 10.1. The van der Waals surface area contributed by atoms with Gasteiger partial charge >= 0.3 is 0 Å². The summed E-state index contributed by atoms with van der Waals surface area (Å²) < 4.78 is 28.4. The number of anilines is 2. The van der Waals surface area contributed by atoms with Crippen LogP contribution in [-0.4, -0.2) is 55.4 Å². The Labute approximate surface area is 195 Å². The second kappa shape index (κ2) is 8.80. The number of carbonyl (C=O) groups is 1. The maximum absolute atomic E-state index is 13.1. The molecule has 4 aromatic rings. The highest BCUT2D eigenvalue weighted by Crippen LogP contribution is 2.29. The van der Waals surface area contributed by atoms with Crippen LogP contribution in [0.1, 0.15) is 10.4 Å². The van der Waals surface area contributed by atoms with Crippen LogP contribution in [0.15, 0.2) is 77.8 Å². The fourth-order valence-corrected chi connectivity index (χ4v) is 5.90. The first-order chi connectivity index (χ1) is 16.0. The Morgan fingerprint density at radius 1 is 0.939 bits per heavy atom. The Balaban J connectivity index is 1.29. The average Bonchev–Trinajstić information content (AvgIpc) is 3.25. The Bertz CT molecular complexity index is 1380. The molecule has 3 heterocycles. The third-order valence-electron chi connectivity index (χ3n) is 5.45. The van der Waals surface area contributed by atoms with Crippen LogP contribution in [-0.2, 0) is 10.0 Å². The van der Waals surface area contributed by atoms with Crippen molar-refractivity contribution in [1.82, 2.24) is 14.9 Å². The number of hydrogen-bond acceptors (Lipinski definition) is 7. The fourth-order valence-electron chi connectivity index (χ4n) is 3.74. The number of fused-ring (bicyclic) bond motifs is 1. The Morgan fingerprint density at radius 3 is 2.42 bits per heavy atom. The van der Waals surface area contributed by atoms with E-state index in [9.17, 15) is 13.2 Å². The number of nitrogens with zero attached hydrogens (tertiary/aromatic N) is 4. The van der Waals surface area contributed by atoms with Crippen LogP contribution >= 0.6 is 11.3 Å². The summed E-state index contributed by atoms with van der Waals surface area (Å²) in [5.74, 6) is 0.874. The molecule has 0 saturated carbocycles. The molecule has 10 heteroatoms. The van der Waals surface area contributed by atoms with Crippen molar-refractivity contribution in [2.24, 2.45) is 0 Å². The summed E-state index contributed by atoms with van der Waals surface area (Å²) >= 11 is 1.21. The lowest BCUT2D eigenvalue weighted by Crippen LogP contribution is -2.49. The monoisotopic (exact) mass is 479 g/mol. The first-order valence-corrected chi connectivity index (χ1v) is 12.7. The van der Waals surface area contributed by atoms with Crippen molar-refractivity contribution in [2.75, 3.05) is 35.8 Å². The van der Waals surface area contributed by atoms with Gasteiger partial charge in [-0.05, 0) is 42.5 Å². The van der Waals surface area contributed by atoms with Crippen molar-refractivity contribution >= 4 is 48.4 Å². The number of carbonyl (C=O) groups excluding carboxylic acids is 1. The molecule has 8 nitrogen and oxygen atoms in total. The molecule has 0 aliphatic carbocycles. The van der Waals surface area contributed by atoms with E-state index < -0.39 is 10.0 Å². The summed E-state index contributed by atoms with van der Waals surface area (Å²) in [5.41, 5.74) is 1.21. The van der Waals surface area contributed by atoms with Crippen LogP contribution in [0.25, 0.3) is 10.2 Å². The van der Waals surface area contributed by atoms with E-state index in [2.05, 4.69) is 19.6 Å². The Hall–Kier alpha value is -3.50. The molecule has 1 aliphatic heterocycles. The number of rotatable bonds is 5. The van der Waals surface area contributed by atoms with Crippen molar-refractivity contribution in [3.63, 3.8) is 0 Å². The first kappa shape index (κ1) is 21.4. The van der Waals surface area contributed by atoms with E-state index >= 15 is 0 Å². The zero-order valence-corrected chi connectivity index (χ0v) is 19.2. The summed E-state index contributed by atoms with van der Waals surface area (Å²) in [6, 6.07) is 19.2. The molecule has 1 amide bonds. The van der Waals surface area contributed by atoms with E-state index in [4.69, 9.17) is 0 Å². The van der Waals surface area contributed by atoms with Gasteiger partial charge in [0, 0.05) is 37.9 Å². The highest BCUT2D eigenvalue weighted by atomic mass is 32.2. The van der Waals surface area contributed by atoms with Gasteiger partial charge in [-0.3, -0.25) is 9.52 Å². The maximum Gasteiger partial charge on any atom is 0.263 e. The molecule has 0 bridgehead atoms. The van der Waals surface area contributed by atoms with Crippen molar-refractivity contribution < 1.29 is 13.2 Å². The molecule has 168 valence electrons. The van der Waals surface area contributed by atoms with Crippen LogP contribution in [0.2, 0.25) is 0 Å². The molecule has 2 aromatic heterocycles. The zero-order chi connectivity index (χ0) is 22.8. The van der Waals surface area contributed by atoms with E-state index in [1.165, 1.54) is 23.5 Å².